The van der Waals surface area contributed by atoms with E-state index >= 15 is 0 Å². The van der Waals surface area contributed by atoms with Crippen LogP contribution in [-0.2, 0) is 16.1 Å². The lowest BCUT2D eigenvalue weighted by atomic mass is 10.1. The summed E-state index contributed by atoms with van der Waals surface area (Å²) in [4.78, 5) is 19.1. The molecule has 1 aromatic rings. The highest BCUT2D eigenvalue weighted by Gasteiger charge is 2.24. The second-order valence-electron chi connectivity index (χ2n) is 6.35. The molecule has 136 valence electrons. The molecule has 1 unspecified atom stereocenters. The van der Waals surface area contributed by atoms with Gasteiger partial charge in [0.25, 0.3) is 0 Å². The molecule has 6 heteroatoms. The number of carbonyl (C=O) groups is 1. The molecule has 1 aliphatic rings. The van der Waals surface area contributed by atoms with Crippen molar-refractivity contribution >= 4 is 18.3 Å². The number of nitrogens with zero attached hydrogens (tertiary/aromatic N) is 2. The van der Waals surface area contributed by atoms with Crippen LogP contribution in [-0.4, -0.2) is 47.6 Å². The predicted octanol–water partition coefficient (Wildman–Crippen LogP) is 2.79. The third-order valence-electron chi connectivity index (χ3n) is 4.13. The maximum atomic E-state index is 12.7. The molecule has 0 bridgehead atoms. The largest absolute Gasteiger partial charge is 0.378 e. The van der Waals surface area contributed by atoms with Crippen molar-refractivity contribution in [2.75, 3.05) is 19.7 Å². The normalized spacial score (nSPS) is 17.9. The number of pyridine rings is 1. The van der Waals surface area contributed by atoms with Crippen molar-refractivity contribution in [2.24, 2.45) is 0 Å². The van der Waals surface area contributed by atoms with Crippen LogP contribution in [0.4, 0.5) is 0 Å². The van der Waals surface area contributed by atoms with E-state index in [1.54, 1.807) is 6.20 Å². The molecule has 1 fully saturated rings. The molecule has 1 saturated heterocycles. The number of ether oxygens (including phenoxy) is 1. The predicted molar refractivity (Wildman–Crippen MR) is 98.2 cm³/mol. The van der Waals surface area contributed by atoms with E-state index in [1.165, 1.54) is 0 Å². The molecular weight excluding hydrogens is 326 g/mol. The fraction of sp³-hybridized carbons (Fsp3) is 0.667. The molecule has 0 spiro atoms. The van der Waals surface area contributed by atoms with Gasteiger partial charge in [0.15, 0.2) is 0 Å². The van der Waals surface area contributed by atoms with Crippen LogP contribution >= 0.6 is 12.4 Å². The average Bonchev–Trinajstić information content (AvgIpc) is 2.82. The Hall–Kier alpha value is -1.17. The molecule has 2 heterocycles. The third kappa shape index (κ3) is 7.16. The summed E-state index contributed by atoms with van der Waals surface area (Å²) in [6.07, 6.45) is 5.55. The number of hydrogen-bond donors (Lipinski definition) is 1. The Kier molecular flexibility index (Phi) is 9.91. The van der Waals surface area contributed by atoms with Gasteiger partial charge in [0, 0.05) is 12.2 Å². The molecular formula is C18H30ClN3O2. The van der Waals surface area contributed by atoms with E-state index in [0.717, 1.165) is 38.0 Å². The number of amides is 1. The average molecular weight is 356 g/mol. The molecule has 2 rings (SSSR count). The standard InChI is InChI=1S/C18H29N3O2.ClH/c1-15(2)23-13-9-18(22)21(14-16-6-3-4-11-20-16)17-7-5-10-19-12-8-17;/h3-4,6,11,15,17,19H,5,7-10,12-14H2,1-2H3;1H. The maximum absolute atomic E-state index is 12.7. The molecule has 1 N–H and O–H groups in total. The quantitative estimate of drug-likeness (QED) is 0.817. The molecule has 0 aliphatic carbocycles. The van der Waals surface area contributed by atoms with Crippen LogP contribution in [0.3, 0.4) is 0 Å². The van der Waals surface area contributed by atoms with Crippen LogP contribution in [0.5, 0.6) is 0 Å². The Morgan fingerprint density at radius 2 is 2.21 bits per heavy atom. The summed E-state index contributed by atoms with van der Waals surface area (Å²) in [6, 6.07) is 6.15. The van der Waals surface area contributed by atoms with Gasteiger partial charge < -0.3 is 15.0 Å². The zero-order chi connectivity index (χ0) is 16.5. The van der Waals surface area contributed by atoms with Crippen LogP contribution in [0.2, 0.25) is 0 Å². The minimum Gasteiger partial charge on any atom is -0.378 e. The van der Waals surface area contributed by atoms with Gasteiger partial charge in [-0.05, 0) is 58.3 Å². The van der Waals surface area contributed by atoms with E-state index < -0.39 is 0 Å². The Morgan fingerprint density at radius 3 is 2.92 bits per heavy atom. The number of aromatic nitrogens is 1. The molecule has 1 aliphatic heterocycles. The van der Waals surface area contributed by atoms with Crippen LogP contribution in [0.1, 0.15) is 45.2 Å². The molecule has 1 aromatic heterocycles. The molecule has 24 heavy (non-hydrogen) atoms. The van der Waals surface area contributed by atoms with E-state index in [0.29, 0.717) is 25.6 Å². The first-order chi connectivity index (χ1) is 11.2. The molecule has 5 nitrogen and oxygen atoms in total. The second kappa shape index (κ2) is 11.4. The van der Waals surface area contributed by atoms with Gasteiger partial charge >= 0.3 is 0 Å². The van der Waals surface area contributed by atoms with Gasteiger partial charge in [-0.15, -0.1) is 12.4 Å². The van der Waals surface area contributed by atoms with Crippen molar-refractivity contribution in [1.82, 2.24) is 15.2 Å². The summed E-state index contributed by atoms with van der Waals surface area (Å²) in [5.41, 5.74) is 0.947. The summed E-state index contributed by atoms with van der Waals surface area (Å²) in [5.74, 6) is 0.170. The first-order valence-corrected chi connectivity index (χ1v) is 8.68. The SMILES string of the molecule is CC(C)OCCC(=O)N(Cc1ccccn1)C1CCCNCC1.Cl. The number of rotatable bonds is 7. The van der Waals surface area contributed by atoms with Gasteiger partial charge in [-0.2, -0.15) is 0 Å². The first-order valence-electron chi connectivity index (χ1n) is 8.68. The van der Waals surface area contributed by atoms with Crippen molar-refractivity contribution in [3.05, 3.63) is 30.1 Å². The Labute approximate surface area is 151 Å². The smallest absolute Gasteiger partial charge is 0.225 e. The van der Waals surface area contributed by atoms with Gasteiger partial charge in [0.1, 0.15) is 0 Å². The monoisotopic (exact) mass is 355 g/mol. The lowest BCUT2D eigenvalue weighted by molar-refractivity contribution is -0.136. The zero-order valence-electron chi connectivity index (χ0n) is 14.7. The lowest BCUT2D eigenvalue weighted by Crippen LogP contribution is -2.41. The molecule has 1 amide bonds. The summed E-state index contributed by atoms with van der Waals surface area (Å²) in [5, 5.41) is 3.41. The van der Waals surface area contributed by atoms with Crippen molar-refractivity contribution < 1.29 is 9.53 Å². The maximum Gasteiger partial charge on any atom is 0.225 e. The first kappa shape index (κ1) is 20.9. The molecule has 1 atom stereocenters. The fourth-order valence-electron chi connectivity index (χ4n) is 2.93. The number of carbonyl (C=O) groups excluding carboxylic acids is 1. The van der Waals surface area contributed by atoms with Crippen LogP contribution < -0.4 is 5.32 Å². The lowest BCUT2D eigenvalue weighted by Gasteiger charge is -2.31. The summed E-state index contributed by atoms with van der Waals surface area (Å²) >= 11 is 0. The topological polar surface area (TPSA) is 54.5 Å². The summed E-state index contributed by atoms with van der Waals surface area (Å²) in [7, 11) is 0. The number of halogens is 1. The Morgan fingerprint density at radius 1 is 1.38 bits per heavy atom. The van der Waals surface area contributed by atoms with Gasteiger partial charge in [-0.3, -0.25) is 9.78 Å². The highest BCUT2D eigenvalue weighted by atomic mass is 35.5. The van der Waals surface area contributed by atoms with Gasteiger partial charge in [0.2, 0.25) is 5.91 Å². The molecule has 0 saturated carbocycles. The minimum atomic E-state index is 0. The van der Waals surface area contributed by atoms with E-state index in [4.69, 9.17) is 4.74 Å². The summed E-state index contributed by atoms with van der Waals surface area (Å²) in [6.45, 7) is 7.07. The number of hydrogen-bond acceptors (Lipinski definition) is 4. The number of nitrogens with one attached hydrogen (secondary N) is 1. The van der Waals surface area contributed by atoms with Gasteiger partial charge in [-0.1, -0.05) is 6.07 Å². The van der Waals surface area contributed by atoms with Crippen molar-refractivity contribution in [3.63, 3.8) is 0 Å². The third-order valence-corrected chi connectivity index (χ3v) is 4.13. The minimum absolute atomic E-state index is 0. The van der Waals surface area contributed by atoms with Gasteiger partial charge in [0.05, 0.1) is 31.4 Å². The van der Waals surface area contributed by atoms with E-state index in [-0.39, 0.29) is 24.4 Å². The molecule has 0 radical (unpaired) electrons. The van der Waals surface area contributed by atoms with Crippen LogP contribution in [0.25, 0.3) is 0 Å². The summed E-state index contributed by atoms with van der Waals surface area (Å²) < 4.78 is 5.55. The van der Waals surface area contributed by atoms with Crippen LogP contribution in [0, 0.1) is 0 Å². The Bertz CT molecular complexity index is 463. The van der Waals surface area contributed by atoms with E-state index in [9.17, 15) is 4.79 Å². The van der Waals surface area contributed by atoms with E-state index in [2.05, 4.69) is 10.3 Å². The Balaban J connectivity index is 0.00000288. The zero-order valence-corrected chi connectivity index (χ0v) is 15.6. The highest BCUT2D eigenvalue weighted by molar-refractivity contribution is 5.85. The second-order valence-corrected chi connectivity index (χ2v) is 6.35. The van der Waals surface area contributed by atoms with Crippen LogP contribution in [0.15, 0.2) is 24.4 Å². The highest BCUT2D eigenvalue weighted by Crippen LogP contribution is 2.17. The van der Waals surface area contributed by atoms with Crippen molar-refractivity contribution in [1.29, 1.82) is 0 Å². The van der Waals surface area contributed by atoms with Crippen molar-refractivity contribution in [3.8, 4) is 0 Å². The van der Waals surface area contributed by atoms with Crippen molar-refractivity contribution in [2.45, 2.75) is 58.2 Å². The fourth-order valence-corrected chi connectivity index (χ4v) is 2.93. The van der Waals surface area contributed by atoms with Gasteiger partial charge in [-0.25, -0.2) is 0 Å². The van der Waals surface area contributed by atoms with E-state index in [1.807, 2.05) is 36.9 Å². The molecule has 0 aromatic carbocycles.